The largest absolute Gasteiger partial charge is 0.402 e. The third kappa shape index (κ3) is 3.90. The Morgan fingerprint density at radius 3 is 2.73 bits per heavy atom. The standard InChI is InChI=1S/C22H16FN3O3S/c1-13-6-5-7-15(10-13)20-25-18(21(28)29-20)11-16-12-30-22(24-16)26(14(2)27)19-9-4-3-8-17(19)23/h3-12H,1-2H3/b18-11+. The fourth-order valence-electron chi connectivity index (χ4n) is 2.94. The smallest absolute Gasteiger partial charge is 0.363 e. The predicted octanol–water partition coefficient (Wildman–Crippen LogP) is 4.62. The van der Waals surface area contributed by atoms with E-state index in [-0.39, 0.29) is 28.3 Å². The van der Waals surface area contributed by atoms with Crippen LogP contribution in [0.3, 0.4) is 0 Å². The van der Waals surface area contributed by atoms with Gasteiger partial charge in [-0.1, -0.05) is 29.8 Å². The number of aliphatic imine (C=N–C) groups is 1. The summed E-state index contributed by atoms with van der Waals surface area (Å²) in [6.07, 6.45) is 1.48. The maximum absolute atomic E-state index is 14.2. The third-order valence-corrected chi connectivity index (χ3v) is 5.12. The van der Waals surface area contributed by atoms with Crippen LogP contribution in [0.2, 0.25) is 0 Å². The second kappa shape index (κ2) is 8.00. The van der Waals surface area contributed by atoms with Gasteiger partial charge in [0.25, 0.3) is 0 Å². The van der Waals surface area contributed by atoms with Gasteiger partial charge in [-0.25, -0.2) is 19.2 Å². The first-order valence-corrected chi connectivity index (χ1v) is 9.90. The lowest BCUT2D eigenvalue weighted by molar-refractivity contribution is -0.130. The van der Waals surface area contributed by atoms with Gasteiger partial charge in [0.1, 0.15) is 5.82 Å². The fraction of sp³-hybridized carbons (Fsp3) is 0.0909. The maximum atomic E-state index is 14.2. The van der Waals surface area contributed by atoms with Crippen molar-refractivity contribution in [3.05, 3.63) is 82.2 Å². The van der Waals surface area contributed by atoms with Gasteiger partial charge in [-0.05, 0) is 37.3 Å². The summed E-state index contributed by atoms with van der Waals surface area (Å²) in [4.78, 5) is 34.2. The lowest BCUT2D eigenvalue weighted by Crippen LogP contribution is -2.23. The molecule has 1 amide bonds. The Morgan fingerprint density at radius 1 is 1.20 bits per heavy atom. The van der Waals surface area contributed by atoms with Crippen molar-refractivity contribution in [2.45, 2.75) is 13.8 Å². The molecule has 0 saturated heterocycles. The van der Waals surface area contributed by atoms with Crippen molar-refractivity contribution in [1.29, 1.82) is 0 Å². The predicted molar refractivity (Wildman–Crippen MR) is 113 cm³/mol. The number of nitrogens with zero attached hydrogens (tertiary/aromatic N) is 3. The van der Waals surface area contributed by atoms with E-state index in [1.54, 1.807) is 17.5 Å². The number of cyclic esters (lactones) is 1. The van der Waals surface area contributed by atoms with Crippen LogP contribution < -0.4 is 4.90 Å². The number of hydrogen-bond donors (Lipinski definition) is 0. The Balaban J connectivity index is 1.65. The van der Waals surface area contributed by atoms with Crippen molar-refractivity contribution < 1.29 is 18.7 Å². The van der Waals surface area contributed by atoms with E-state index in [2.05, 4.69) is 9.98 Å². The number of aryl methyl sites for hydroxylation is 1. The molecule has 0 bridgehead atoms. The summed E-state index contributed by atoms with van der Waals surface area (Å²) in [7, 11) is 0. The molecule has 4 rings (SSSR count). The van der Waals surface area contributed by atoms with Gasteiger partial charge in [0.15, 0.2) is 10.8 Å². The molecule has 0 radical (unpaired) electrons. The topological polar surface area (TPSA) is 71.9 Å². The first-order valence-electron chi connectivity index (χ1n) is 9.03. The number of carbonyl (C=O) groups excluding carboxylic acids is 2. The second-order valence-electron chi connectivity index (χ2n) is 6.57. The fourth-order valence-corrected chi connectivity index (χ4v) is 3.77. The average molecular weight is 421 g/mol. The zero-order valence-corrected chi connectivity index (χ0v) is 16.9. The normalized spacial score (nSPS) is 14.6. The van der Waals surface area contributed by atoms with Crippen LogP contribution >= 0.6 is 11.3 Å². The highest BCUT2D eigenvalue weighted by Crippen LogP contribution is 2.31. The zero-order chi connectivity index (χ0) is 21.3. The Labute approximate surface area is 176 Å². The number of halogens is 1. The van der Waals surface area contributed by atoms with Crippen LogP contribution in [0.25, 0.3) is 6.08 Å². The van der Waals surface area contributed by atoms with Crippen LogP contribution in [0.1, 0.15) is 23.7 Å². The van der Waals surface area contributed by atoms with Crippen LogP contribution in [-0.4, -0.2) is 22.8 Å². The van der Waals surface area contributed by atoms with Crippen LogP contribution in [0, 0.1) is 12.7 Å². The highest BCUT2D eigenvalue weighted by molar-refractivity contribution is 7.14. The van der Waals surface area contributed by atoms with E-state index in [1.807, 2.05) is 31.2 Å². The Kier molecular flexibility index (Phi) is 5.24. The summed E-state index contributed by atoms with van der Waals surface area (Å²) in [5.41, 5.74) is 2.35. The number of hydrogen-bond acceptors (Lipinski definition) is 6. The van der Waals surface area contributed by atoms with E-state index in [4.69, 9.17) is 4.74 Å². The van der Waals surface area contributed by atoms with E-state index in [1.165, 1.54) is 30.0 Å². The lowest BCUT2D eigenvalue weighted by Gasteiger charge is -2.18. The molecular formula is C22H16FN3O3S. The Hall–Kier alpha value is -3.65. The molecular weight excluding hydrogens is 405 g/mol. The third-order valence-electron chi connectivity index (χ3n) is 4.28. The number of esters is 1. The number of carbonyl (C=O) groups is 2. The number of aromatic nitrogens is 1. The van der Waals surface area contributed by atoms with Gasteiger partial charge in [-0.2, -0.15) is 0 Å². The van der Waals surface area contributed by atoms with Gasteiger partial charge in [0, 0.05) is 17.9 Å². The minimum Gasteiger partial charge on any atom is -0.402 e. The number of ether oxygens (including phenoxy) is 1. The number of para-hydroxylation sites is 1. The molecule has 0 fully saturated rings. The lowest BCUT2D eigenvalue weighted by atomic mass is 10.1. The van der Waals surface area contributed by atoms with Gasteiger partial charge in [-0.15, -0.1) is 11.3 Å². The van der Waals surface area contributed by atoms with Gasteiger partial charge in [0.05, 0.1) is 11.4 Å². The molecule has 30 heavy (non-hydrogen) atoms. The molecule has 0 saturated carbocycles. The molecule has 3 aromatic rings. The summed E-state index contributed by atoms with van der Waals surface area (Å²) in [6.45, 7) is 3.27. The van der Waals surface area contributed by atoms with Gasteiger partial charge in [0.2, 0.25) is 11.8 Å². The van der Waals surface area contributed by atoms with E-state index >= 15 is 0 Å². The molecule has 6 nitrogen and oxygen atoms in total. The van der Waals surface area contributed by atoms with Gasteiger partial charge >= 0.3 is 5.97 Å². The molecule has 150 valence electrons. The van der Waals surface area contributed by atoms with E-state index in [0.29, 0.717) is 11.3 Å². The number of amides is 1. The van der Waals surface area contributed by atoms with Crippen LogP contribution in [0.5, 0.6) is 0 Å². The van der Waals surface area contributed by atoms with E-state index in [0.717, 1.165) is 16.9 Å². The molecule has 0 N–H and O–H groups in total. The molecule has 0 atom stereocenters. The molecule has 2 heterocycles. The minimum atomic E-state index is -0.585. The highest BCUT2D eigenvalue weighted by atomic mass is 32.1. The molecule has 8 heteroatoms. The molecule has 0 unspecified atom stereocenters. The monoisotopic (exact) mass is 421 g/mol. The van der Waals surface area contributed by atoms with Gasteiger partial charge in [-0.3, -0.25) is 9.69 Å². The Bertz CT molecular complexity index is 1220. The van der Waals surface area contributed by atoms with E-state index in [9.17, 15) is 14.0 Å². The number of benzene rings is 2. The van der Waals surface area contributed by atoms with Crippen LogP contribution in [0.15, 0.2) is 64.6 Å². The molecule has 2 aromatic carbocycles. The van der Waals surface area contributed by atoms with Crippen molar-refractivity contribution in [3.63, 3.8) is 0 Å². The average Bonchev–Trinajstić information content (AvgIpc) is 3.31. The van der Waals surface area contributed by atoms with Crippen LogP contribution in [-0.2, 0) is 14.3 Å². The molecule has 1 aliphatic rings. The van der Waals surface area contributed by atoms with Crippen molar-refractivity contribution in [2.24, 2.45) is 4.99 Å². The summed E-state index contributed by atoms with van der Waals surface area (Å²) in [5.74, 6) is -1.27. The van der Waals surface area contributed by atoms with Gasteiger partial charge < -0.3 is 4.74 Å². The molecule has 1 aliphatic heterocycles. The summed E-state index contributed by atoms with van der Waals surface area (Å²) < 4.78 is 19.5. The molecule has 0 aliphatic carbocycles. The first kappa shape index (κ1) is 19.7. The van der Waals surface area contributed by atoms with Crippen LogP contribution in [0.4, 0.5) is 15.2 Å². The summed E-state index contributed by atoms with van der Waals surface area (Å²) in [5, 5.41) is 1.95. The zero-order valence-electron chi connectivity index (χ0n) is 16.1. The Morgan fingerprint density at radius 2 is 2.00 bits per heavy atom. The molecule has 1 aromatic heterocycles. The van der Waals surface area contributed by atoms with E-state index < -0.39 is 11.8 Å². The summed E-state index contributed by atoms with van der Waals surface area (Å²) in [6, 6.07) is 13.4. The highest BCUT2D eigenvalue weighted by Gasteiger charge is 2.25. The quantitative estimate of drug-likeness (QED) is 0.455. The number of rotatable bonds is 4. The SMILES string of the molecule is CC(=O)N(c1nc(/C=C2/N=C(c3cccc(C)c3)OC2=O)cs1)c1ccccc1F. The number of thiazole rings is 1. The molecule has 0 spiro atoms. The minimum absolute atomic E-state index is 0.101. The second-order valence-corrected chi connectivity index (χ2v) is 7.40. The first-order chi connectivity index (χ1) is 14.4. The number of anilines is 2. The van der Waals surface area contributed by atoms with Crippen molar-refractivity contribution in [1.82, 2.24) is 4.98 Å². The van der Waals surface area contributed by atoms with Crippen molar-refractivity contribution in [3.8, 4) is 0 Å². The maximum Gasteiger partial charge on any atom is 0.363 e. The van der Waals surface area contributed by atoms with Crippen molar-refractivity contribution >= 4 is 46.0 Å². The summed E-state index contributed by atoms with van der Waals surface area (Å²) >= 11 is 1.16. The van der Waals surface area contributed by atoms with Crippen molar-refractivity contribution in [2.75, 3.05) is 4.90 Å².